The van der Waals surface area contributed by atoms with Crippen molar-refractivity contribution >= 4 is 17.5 Å². The normalized spacial score (nSPS) is 24.3. The highest BCUT2D eigenvalue weighted by Crippen LogP contribution is 2.35. The van der Waals surface area contributed by atoms with Crippen molar-refractivity contribution in [2.45, 2.75) is 19.4 Å². The Balaban J connectivity index is 1.82. The maximum absolute atomic E-state index is 12.3. The topological polar surface area (TPSA) is 80.5 Å². The first kappa shape index (κ1) is 13.5. The predicted molar refractivity (Wildman–Crippen MR) is 74.0 cm³/mol. The summed E-state index contributed by atoms with van der Waals surface area (Å²) in [5.74, 6) is -0.857. The number of allylic oxidation sites excluding steroid dienone is 2. The van der Waals surface area contributed by atoms with Gasteiger partial charge < -0.3 is 0 Å². The molecule has 2 atom stereocenters. The lowest BCUT2D eigenvalue weighted by Crippen LogP contribution is -2.30. The molecule has 1 aromatic carbocycles. The van der Waals surface area contributed by atoms with Gasteiger partial charge in [-0.2, -0.15) is 0 Å². The Labute approximate surface area is 121 Å². The minimum absolute atomic E-state index is 0.0364. The third-order valence-corrected chi connectivity index (χ3v) is 4.06. The average molecular weight is 286 g/mol. The summed E-state index contributed by atoms with van der Waals surface area (Å²) in [6.45, 7) is 0.104. The first-order valence-electron chi connectivity index (χ1n) is 6.81. The van der Waals surface area contributed by atoms with Gasteiger partial charge in [-0.3, -0.25) is 24.6 Å². The van der Waals surface area contributed by atoms with Crippen LogP contribution in [0.1, 0.15) is 18.4 Å². The van der Waals surface area contributed by atoms with E-state index in [-0.39, 0.29) is 35.9 Å². The number of imide groups is 1. The Kier molecular flexibility index (Phi) is 3.29. The summed E-state index contributed by atoms with van der Waals surface area (Å²) < 4.78 is 0. The molecule has 0 N–H and O–H groups in total. The van der Waals surface area contributed by atoms with Crippen molar-refractivity contribution in [1.29, 1.82) is 0 Å². The van der Waals surface area contributed by atoms with E-state index in [1.54, 1.807) is 12.1 Å². The van der Waals surface area contributed by atoms with Gasteiger partial charge in [-0.1, -0.05) is 24.3 Å². The number of rotatable bonds is 3. The van der Waals surface area contributed by atoms with Crippen molar-refractivity contribution in [2.75, 3.05) is 0 Å². The average Bonchev–Trinajstić information content (AvgIpc) is 2.73. The highest BCUT2D eigenvalue weighted by Gasteiger charge is 2.46. The molecule has 2 unspecified atom stereocenters. The van der Waals surface area contributed by atoms with E-state index < -0.39 is 4.92 Å². The maximum atomic E-state index is 12.3. The second kappa shape index (κ2) is 5.12. The molecule has 0 bridgehead atoms. The summed E-state index contributed by atoms with van der Waals surface area (Å²) in [4.78, 5) is 36.1. The number of benzene rings is 1. The number of carbonyl (C=O) groups is 2. The van der Waals surface area contributed by atoms with Crippen molar-refractivity contribution in [3.8, 4) is 0 Å². The Bertz CT molecular complexity index is 627. The number of nitrogens with zero attached hydrogens (tertiary/aromatic N) is 2. The fourth-order valence-corrected chi connectivity index (χ4v) is 2.98. The van der Waals surface area contributed by atoms with Crippen LogP contribution in [-0.2, 0) is 16.1 Å². The molecular weight excluding hydrogens is 272 g/mol. The first-order valence-corrected chi connectivity index (χ1v) is 6.81. The van der Waals surface area contributed by atoms with E-state index in [0.717, 1.165) is 0 Å². The van der Waals surface area contributed by atoms with Crippen molar-refractivity contribution < 1.29 is 14.5 Å². The molecule has 1 aliphatic heterocycles. The van der Waals surface area contributed by atoms with E-state index in [9.17, 15) is 19.7 Å². The molecule has 2 aliphatic rings. The Morgan fingerprint density at radius 3 is 2.33 bits per heavy atom. The SMILES string of the molecule is O=C1C2CC=CCC2C(=O)N1Cc1cccc([N+](=O)[O-])c1. The third-order valence-electron chi connectivity index (χ3n) is 4.06. The second-order valence-corrected chi connectivity index (χ2v) is 5.35. The van der Waals surface area contributed by atoms with Crippen LogP contribution in [0, 0.1) is 22.0 Å². The van der Waals surface area contributed by atoms with Gasteiger partial charge in [0.1, 0.15) is 0 Å². The minimum Gasteiger partial charge on any atom is -0.278 e. The van der Waals surface area contributed by atoms with Gasteiger partial charge in [-0.25, -0.2) is 0 Å². The molecule has 3 rings (SSSR count). The highest BCUT2D eigenvalue weighted by molar-refractivity contribution is 6.05. The van der Waals surface area contributed by atoms with Crippen LogP contribution in [0.3, 0.4) is 0 Å². The highest BCUT2D eigenvalue weighted by atomic mass is 16.6. The zero-order valence-corrected chi connectivity index (χ0v) is 11.3. The molecule has 1 aromatic rings. The minimum atomic E-state index is -0.485. The summed E-state index contributed by atoms with van der Waals surface area (Å²) in [6, 6.07) is 6.04. The summed E-state index contributed by atoms with van der Waals surface area (Å²) in [6.07, 6.45) is 5.06. The molecule has 1 saturated heterocycles. The molecule has 0 saturated carbocycles. The lowest BCUT2D eigenvalue weighted by atomic mass is 9.85. The molecule has 2 amide bonds. The molecule has 1 heterocycles. The number of likely N-dealkylation sites (tertiary alicyclic amines) is 1. The van der Waals surface area contributed by atoms with Crippen molar-refractivity contribution in [3.05, 3.63) is 52.1 Å². The summed E-state index contributed by atoms with van der Waals surface area (Å²) in [5.41, 5.74) is 0.559. The van der Waals surface area contributed by atoms with Gasteiger partial charge in [-0.15, -0.1) is 0 Å². The van der Waals surface area contributed by atoms with E-state index in [1.807, 2.05) is 12.2 Å². The molecule has 21 heavy (non-hydrogen) atoms. The molecule has 108 valence electrons. The Hall–Kier alpha value is -2.50. The fraction of sp³-hybridized carbons (Fsp3) is 0.333. The Morgan fingerprint density at radius 1 is 1.14 bits per heavy atom. The zero-order chi connectivity index (χ0) is 15.0. The quantitative estimate of drug-likeness (QED) is 0.368. The van der Waals surface area contributed by atoms with Gasteiger partial charge in [0, 0.05) is 12.1 Å². The van der Waals surface area contributed by atoms with Crippen LogP contribution in [0.15, 0.2) is 36.4 Å². The molecule has 0 aromatic heterocycles. The third kappa shape index (κ3) is 2.33. The molecule has 0 radical (unpaired) electrons. The monoisotopic (exact) mass is 286 g/mol. The molecule has 6 heteroatoms. The number of amides is 2. The van der Waals surface area contributed by atoms with Gasteiger partial charge in [0.2, 0.25) is 11.8 Å². The van der Waals surface area contributed by atoms with E-state index in [2.05, 4.69) is 0 Å². The lowest BCUT2D eigenvalue weighted by molar-refractivity contribution is -0.384. The molecule has 0 spiro atoms. The van der Waals surface area contributed by atoms with E-state index in [0.29, 0.717) is 18.4 Å². The zero-order valence-electron chi connectivity index (χ0n) is 11.3. The number of nitro benzene ring substituents is 1. The molecule has 6 nitrogen and oxygen atoms in total. The van der Waals surface area contributed by atoms with Crippen LogP contribution in [0.4, 0.5) is 5.69 Å². The number of nitro groups is 1. The smallest absolute Gasteiger partial charge is 0.269 e. The van der Waals surface area contributed by atoms with Crippen LogP contribution in [-0.4, -0.2) is 21.6 Å². The Morgan fingerprint density at radius 2 is 1.76 bits per heavy atom. The van der Waals surface area contributed by atoms with E-state index in [4.69, 9.17) is 0 Å². The van der Waals surface area contributed by atoms with Crippen LogP contribution >= 0.6 is 0 Å². The van der Waals surface area contributed by atoms with Gasteiger partial charge in [0.05, 0.1) is 23.3 Å². The number of carbonyl (C=O) groups excluding carboxylic acids is 2. The van der Waals surface area contributed by atoms with Crippen molar-refractivity contribution in [2.24, 2.45) is 11.8 Å². The number of non-ortho nitro benzene ring substituents is 1. The van der Waals surface area contributed by atoms with Crippen LogP contribution in [0.2, 0.25) is 0 Å². The van der Waals surface area contributed by atoms with E-state index >= 15 is 0 Å². The fourth-order valence-electron chi connectivity index (χ4n) is 2.98. The maximum Gasteiger partial charge on any atom is 0.269 e. The number of hydrogen-bond donors (Lipinski definition) is 0. The van der Waals surface area contributed by atoms with Gasteiger partial charge in [0.25, 0.3) is 5.69 Å². The first-order chi connectivity index (χ1) is 10.1. The van der Waals surface area contributed by atoms with Crippen LogP contribution < -0.4 is 0 Å². The summed E-state index contributed by atoms with van der Waals surface area (Å²) >= 11 is 0. The summed E-state index contributed by atoms with van der Waals surface area (Å²) in [7, 11) is 0. The standard InChI is InChI=1S/C15H14N2O4/c18-14-12-6-1-2-7-13(12)15(19)16(14)9-10-4-3-5-11(8-10)17(20)21/h1-5,8,12-13H,6-7,9H2. The summed E-state index contributed by atoms with van der Waals surface area (Å²) in [5, 5.41) is 10.8. The second-order valence-electron chi connectivity index (χ2n) is 5.35. The molecular formula is C15H14N2O4. The van der Waals surface area contributed by atoms with Gasteiger partial charge in [-0.05, 0) is 18.4 Å². The number of fused-ring (bicyclic) bond motifs is 1. The van der Waals surface area contributed by atoms with Crippen molar-refractivity contribution in [1.82, 2.24) is 4.90 Å². The van der Waals surface area contributed by atoms with Crippen LogP contribution in [0.5, 0.6) is 0 Å². The van der Waals surface area contributed by atoms with E-state index in [1.165, 1.54) is 17.0 Å². The molecule has 1 fully saturated rings. The lowest BCUT2D eigenvalue weighted by Gasteiger charge is -2.14. The largest absolute Gasteiger partial charge is 0.278 e. The van der Waals surface area contributed by atoms with Gasteiger partial charge in [0.15, 0.2) is 0 Å². The molecule has 1 aliphatic carbocycles. The van der Waals surface area contributed by atoms with Crippen molar-refractivity contribution in [3.63, 3.8) is 0 Å². The number of hydrogen-bond acceptors (Lipinski definition) is 4. The predicted octanol–water partition coefficient (Wildman–Crippen LogP) is 2.05. The van der Waals surface area contributed by atoms with Gasteiger partial charge >= 0.3 is 0 Å². The van der Waals surface area contributed by atoms with Crippen LogP contribution in [0.25, 0.3) is 0 Å².